The molecule has 0 heterocycles. The first-order valence-corrected chi connectivity index (χ1v) is 15.4. The summed E-state index contributed by atoms with van der Waals surface area (Å²) in [5.41, 5.74) is -4.75. The van der Waals surface area contributed by atoms with Crippen LogP contribution in [0, 0.1) is 38.7 Å². The number of allylic oxidation sites excluding steroid dienone is 4. The van der Waals surface area contributed by atoms with Crippen molar-refractivity contribution in [2.45, 2.75) is 95.7 Å². The summed E-state index contributed by atoms with van der Waals surface area (Å²) in [6, 6.07) is 0. The molecule has 0 saturated heterocycles. The molecule has 4 aliphatic carbocycles. The molecule has 3 saturated carbocycles. The lowest BCUT2D eigenvalue weighted by molar-refractivity contribution is -0.757. The maximum absolute atomic E-state index is 17.2. The van der Waals surface area contributed by atoms with Crippen molar-refractivity contribution in [2.24, 2.45) is 28.6 Å². The number of aliphatic hydroxyl groups excluding tert-OH is 1. The number of esters is 2. The smallest absolute Gasteiger partial charge is 0.345 e. The van der Waals surface area contributed by atoms with E-state index in [9.17, 15) is 44.3 Å². The zero-order chi connectivity index (χ0) is 34.0. The summed E-state index contributed by atoms with van der Waals surface area (Å²) in [5, 5.41) is 29.9. The topological polar surface area (TPSA) is 197 Å². The van der Waals surface area contributed by atoms with Crippen molar-refractivity contribution in [1.29, 1.82) is 0 Å². The van der Waals surface area contributed by atoms with Crippen molar-refractivity contribution < 1.29 is 62.4 Å². The summed E-state index contributed by atoms with van der Waals surface area (Å²) in [5.74, 6) is -6.74. The number of fused-ring (bicyclic) bond motifs is 5. The summed E-state index contributed by atoms with van der Waals surface area (Å²) < 4.78 is 42.6. The molecule has 46 heavy (non-hydrogen) atoms. The second-order valence-electron chi connectivity index (χ2n) is 13.1. The van der Waals surface area contributed by atoms with E-state index in [0.29, 0.717) is 19.3 Å². The number of halogens is 2. The van der Waals surface area contributed by atoms with Crippen LogP contribution in [-0.2, 0) is 38.3 Å². The Morgan fingerprint density at radius 3 is 2.52 bits per heavy atom. The van der Waals surface area contributed by atoms with Crippen LogP contribution in [0.15, 0.2) is 23.8 Å². The molecule has 0 aromatic heterocycles. The van der Waals surface area contributed by atoms with Gasteiger partial charge in [-0.05, 0) is 74.5 Å². The number of Topliss-reactive ketones (excluding diaryl/α,β-unsaturated/α-hetero) is 1. The summed E-state index contributed by atoms with van der Waals surface area (Å²) in [6.45, 7) is 2.36. The Morgan fingerprint density at radius 2 is 1.85 bits per heavy atom. The quantitative estimate of drug-likeness (QED) is 0.120. The number of aliphatic carboxylic acids is 1. The zero-order valence-corrected chi connectivity index (χ0v) is 25.7. The van der Waals surface area contributed by atoms with Crippen LogP contribution in [0.25, 0.3) is 0 Å². The van der Waals surface area contributed by atoms with E-state index in [-0.39, 0.29) is 44.3 Å². The Morgan fingerprint density at radius 1 is 1.13 bits per heavy atom. The SMILES string of the molecule is CC12CC(O)[C@@]3(F)C(C[C@H](F)C4=CC(=O)C=CC43C)C1CCC2C(=O)COC(=O)CC(OC(=O)CCCCCO[N+](=O)[O-])C(=O)O. The molecular formula is C31H39F2NO12. The predicted octanol–water partition coefficient (Wildman–Crippen LogP) is 3.19. The Kier molecular flexibility index (Phi) is 10.3. The maximum Gasteiger partial charge on any atom is 0.345 e. The van der Waals surface area contributed by atoms with Crippen molar-refractivity contribution >= 4 is 29.5 Å². The molecule has 7 unspecified atom stereocenters. The van der Waals surface area contributed by atoms with Gasteiger partial charge in [0, 0.05) is 23.7 Å². The van der Waals surface area contributed by atoms with Crippen molar-refractivity contribution in [3.8, 4) is 0 Å². The molecule has 0 bridgehead atoms. The van der Waals surface area contributed by atoms with Crippen LogP contribution in [-0.4, -0.2) is 82.0 Å². The van der Waals surface area contributed by atoms with Crippen molar-refractivity contribution in [3.63, 3.8) is 0 Å². The molecule has 3 fully saturated rings. The monoisotopic (exact) mass is 655 g/mol. The number of carboxylic acid groups (broad SMARTS) is 1. The molecule has 9 atom stereocenters. The van der Waals surface area contributed by atoms with Crippen LogP contribution in [0.1, 0.15) is 71.6 Å². The van der Waals surface area contributed by atoms with Gasteiger partial charge in [0.15, 0.2) is 17.2 Å². The van der Waals surface area contributed by atoms with Gasteiger partial charge in [-0.25, -0.2) is 13.6 Å². The minimum Gasteiger partial charge on any atom is -0.478 e. The highest BCUT2D eigenvalue weighted by atomic mass is 19.1. The molecule has 0 spiro atoms. The summed E-state index contributed by atoms with van der Waals surface area (Å²) in [6.07, 6.45) is -1.27. The number of hydrogen-bond acceptors (Lipinski definition) is 11. The van der Waals surface area contributed by atoms with Crippen LogP contribution in [0.3, 0.4) is 0 Å². The first-order chi connectivity index (χ1) is 21.5. The number of ketones is 2. The van der Waals surface area contributed by atoms with Gasteiger partial charge >= 0.3 is 17.9 Å². The van der Waals surface area contributed by atoms with Gasteiger partial charge in [-0.3, -0.25) is 19.2 Å². The molecule has 15 heteroatoms. The summed E-state index contributed by atoms with van der Waals surface area (Å²) in [4.78, 5) is 75.7. The number of rotatable bonds is 14. The lowest BCUT2D eigenvalue weighted by Crippen LogP contribution is -2.68. The Bertz CT molecular complexity index is 1330. The average molecular weight is 656 g/mol. The van der Waals surface area contributed by atoms with Crippen molar-refractivity contribution in [1.82, 2.24) is 0 Å². The van der Waals surface area contributed by atoms with Crippen molar-refractivity contribution in [2.75, 3.05) is 13.2 Å². The third-order valence-electron chi connectivity index (χ3n) is 10.5. The highest BCUT2D eigenvalue weighted by molar-refractivity contribution is 6.01. The first kappa shape index (κ1) is 35.1. The van der Waals surface area contributed by atoms with Gasteiger partial charge in [0.2, 0.25) is 6.10 Å². The van der Waals surface area contributed by atoms with E-state index in [4.69, 9.17) is 9.47 Å². The fourth-order valence-corrected chi connectivity index (χ4v) is 8.28. The Balaban J connectivity index is 1.33. The van der Waals surface area contributed by atoms with Gasteiger partial charge in [0.05, 0.1) is 19.1 Å². The highest BCUT2D eigenvalue weighted by Crippen LogP contribution is 2.69. The molecule has 13 nitrogen and oxygen atoms in total. The lowest BCUT2D eigenvalue weighted by Gasteiger charge is -2.62. The molecule has 0 aromatic carbocycles. The van der Waals surface area contributed by atoms with Gasteiger partial charge in [0.1, 0.15) is 12.8 Å². The third kappa shape index (κ3) is 6.56. The van der Waals surface area contributed by atoms with E-state index in [1.165, 1.54) is 19.1 Å². The van der Waals surface area contributed by atoms with E-state index in [0.717, 1.165) is 6.08 Å². The van der Waals surface area contributed by atoms with E-state index in [1.807, 2.05) is 0 Å². The van der Waals surface area contributed by atoms with Gasteiger partial charge < -0.3 is 24.5 Å². The normalized spacial score (nSPS) is 35.1. The van der Waals surface area contributed by atoms with E-state index in [2.05, 4.69) is 4.84 Å². The molecule has 254 valence electrons. The second kappa shape index (κ2) is 13.5. The molecular weight excluding hydrogens is 616 g/mol. The number of carbonyl (C=O) groups excluding carboxylic acids is 4. The minimum absolute atomic E-state index is 0.00424. The van der Waals surface area contributed by atoms with Gasteiger partial charge in [0.25, 0.3) is 5.09 Å². The number of carboxylic acids is 1. The molecule has 0 aliphatic heterocycles. The van der Waals surface area contributed by atoms with E-state index < -0.39 is 100 Å². The average Bonchev–Trinajstić information content (AvgIpc) is 3.32. The summed E-state index contributed by atoms with van der Waals surface area (Å²) >= 11 is 0. The van der Waals surface area contributed by atoms with Gasteiger partial charge in [-0.1, -0.05) is 19.4 Å². The molecule has 0 radical (unpaired) electrons. The molecule has 4 rings (SSSR count). The van der Waals surface area contributed by atoms with Crippen LogP contribution in [0.2, 0.25) is 0 Å². The number of alkyl halides is 2. The van der Waals surface area contributed by atoms with Gasteiger partial charge in [-0.15, -0.1) is 10.1 Å². The molecule has 0 amide bonds. The van der Waals surface area contributed by atoms with E-state index in [1.54, 1.807) is 6.92 Å². The number of unbranched alkanes of at least 4 members (excludes halogenated alkanes) is 2. The first-order valence-electron chi connectivity index (χ1n) is 15.4. The van der Waals surface area contributed by atoms with Crippen LogP contribution in [0.5, 0.6) is 0 Å². The standard InChI is InChI=1S/C31H39F2NO12/c1-29-15-25(37)31(33)20(13-22(32)21-12-17(35)9-10-30(21,31)2)18(29)7-8-19(29)23(36)16-44-27(39)14-24(28(40)41)46-26(38)6-4-3-5-11-45-34(42)43/h9-10,12,18-20,22,24-25,37H,3-8,11,13-16H2,1-2H3,(H,40,41)/t18?,19?,20?,22-,24?,25?,29?,30?,31-/m0/s1. The lowest BCUT2D eigenvalue weighted by atomic mass is 9.45. The number of hydrogen-bond donors (Lipinski definition) is 2. The maximum atomic E-state index is 17.2. The number of nitrogens with zero attached hydrogens (tertiary/aromatic N) is 1. The number of ether oxygens (including phenoxy) is 2. The van der Waals surface area contributed by atoms with Gasteiger partial charge in [-0.2, -0.15) is 0 Å². The van der Waals surface area contributed by atoms with Crippen LogP contribution < -0.4 is 0 Å². The highest BCUT2D eigenvalue weighted by Gasteiger charge is 2.72. The molecule has 2 N–H and O–H groups in total. The van der Waals surface area contributed by atoms with E-state index >= 15 is 8.78 Å². The third-order valence-corrected chi connectivity index (χ3v) is 10.5. The number of carbonyl (C=O) groups is 5. The fourth-order valence-electron chi connectivity index (χ4n) is 8.28. The Labute approximate surface area is 263 Å². The second-order valence-corrected chi connectivity index (χ2v) is 13.1. The predicted molar refractivity (Wildman–Crippen MR) is 152 cm³/mol. The van der Waals surface area contributed by atoms with Crippen molar-refractivity contribution in [3.05, 3.63) is 33.9 Å². The van der Waals surface area contributed by atoms with Crippen LogP contribution >= 0.6 is 0 Å². The molecule has 0 aromatic rings. The molecule has 4 aliphatic rings. The summed E-state index contributed by atoms with van der Waals surface area (Å²) in [7, 11) is 0. The largest absolute Gasteiger partial charge is 0.478 e. The zero-order valence-electron chi connectivity index (χ0n) is 25.7. The Hall–Kier alpha value is -3.75. The minimum atomic E-state index is -2.28. The van der Waals surface area contributed by atoms with Crippen LogP contribution in [0.4, 0.5) is 8.78 Å². The number of aliphatic hydroxyl groups is 1. The fraction of sp³-hybridized carbons (Fsp3) is 0.710.